The number of aliphatic hydroxyl groups is 1. The Hall–Kier alpha value is -4.77. The molecule has 3 aromatic carbocycles. The van der Waals surface area contributed by atoms with Gasteiger partial charge in [0.05, 0.1) is 26.3 Å². The number of nitrogens with zero attached hydrogens (tertiary/aromatic N) is 4. The number of benzene rings is 3. The average molecular weight is 609 g/mol. The van der Waals surface area contributed by atoms with Crippen molar-refractivity contribution in [3.8, 4) is 28.4 Å². The maximum Gasteiger partial charge on any atom is 0.256 e. The molecule has 0 bridgehead atoms. The van der Waals surface area contributed by atoms with Crippen LogP contribution in [0, 0.1) is 0 Å². The first-order valence-corrected chi connectivity index (χ1v) is 14.8. The molecular formula is C35H36N4O6. The first-order chi connectivity index (χ1) is 21.9. The molecule has 45 heavy (non-hydrogen) atoms. The SMILES string of the molecule is COc1cc2cc(C(OC)C(=O)N3CCN(C)CC3)c(CO)c(-c3ccnc(-n4c(=O)ccc5ccccc54)c3)c2cc1OC. The van der Waals surface area contributed by atoms with Gasteiger partial charge in [0.15, 0.2) is 17.6 Å². The molecule has 3 heterocycles. The summed E-state index contributed by atoms with van der Waals surface area (Å²) in [5.74, 6) is 1.30. The molecule has 1 saturated heterocycles. The maximum atomic E-state index is 13.9. The normalized spacial score (nSPS) is 14.6. The Morgan fingerprint density at radius 2 is 1.64 bits per heavy atom. The number of para-hydroxylation sites is 1. The zero-order chi connectivity index (χ0) is 31.7. The van der Waals surface area contributed by atoms with Gasteiger partial charge in [0.2, 0.25) is 0 Å². The molecule has 232 valence electrons. The van der Waals surface area contributed by atoms with Crippen LogP contribution in [0.25, 0.3) is 38.6 Å². The summed E-state index contributed by atoms with van der Waals surface area (Å²) in [4.78, 5) is 35.7. The highest BCUT2D eigenvalue weighted by atomic mass is 16.5. The molecule has 0 saturated carbocycles. The number of hydrogen-bond donors (Lipinski definition) is 1. The van der Waals surface area contributed by atoms with Gasteiger partial charge in [0.1, 0.15) is 5.82 Å². The highest BCUT2D eigenvalue weighted by molar-refractivity contribution is 6.02. The third-order valence-corrected chi connectivity index (χ3v) is 8.57. The lowest BCUT2D eigenvalue weighted by atomic mass is 9.87. The standard InChI is InChI=1S/C35H36N4O6/c1-37-13-15-38(16-14-37)35(42)34(45-4)26-17-24-18-29(43-2)30(44-3)20-25(24)33(27(26)21-40)23-11-12-36-31(19-23)39-28-8-6-5-7-22(28)9-10-32(39)41/h5-12,17-20,34,40H,13-16,21H2,1-4H3. The molecule has 1 aliphatic rings. The van der Waals surface area contributed by atoms with Crippen molar-refractivity contribution in [3.05, 3.63) is 94.4 Å². The molecule has 1 aliphatic heterocycles. The molecule has 10 nitrogen and oxygen atoms in total. The number of methoxy groups -OCH3 is 3. The van der Waals surface area contributed by atoms with Crippen molar-refractivity contribution < 1.29 is 24.1 Å². The molecular weight excluding hydrogens is 572 g/mol. The van der Waals surface area contributed by atoms with Crippen molar-refractivity contribution in [3.63, 3.8) is 0 Å². The van der Waals surface area contributed by atoms with E-state index in [9.17, 15) is 14.7 Å². The first kappa shape index (κ1) is 30.3. The number of aromatic nitrogens is 2. The third-order valence-electron chi connectivity index (χ3n) is 8.57. The van der Waals surface area contributed by atoms with E-state index in [4.69, 9.17) is 14.2 Å². The van der Waals surface area contributed by atoms with Gasteiger partial charge < -0.3 is 29.1 Å². The number of amides is 1. The first-order valence-electron chi connectivity index (χ1n) is 14.8. The van der Waals surface area contributed by atoms with Crippen LogP contribution in [-0.2, 0) is 16.1 Å². The molecule has 6 rings (SSSR count). The fourth-order valence-corrected chi connectivity index (χ4v) is 6.20. The van der Waals surface area contributed by atoms with Crippen LogP contribution in [0.5, 0.6) is 11.5 Å². The van der Waals surface area contributed by atoms with Crippen LogP contribution in [0.4, 0.5) is 0 Å². The summed E-state index contributed by atoms with van der Waals surface area (Å²) in [5.41, 5.74) is 2.97. The van der Waals surface area contributed by atoms with Crippen LogP contribution < -0.4 is 15.0 Å². The maximum absolute atomic E-state index is 13.9. The monoisotopic (exact) mass is 608 g/mol. The van der Waals surface area contributed by atoms with Crippen molar-refractivity contribution in [2.75, 3.05) is 54.6 Å². The van der Waals surface area contributed by atoms with E-state index in [1.54, 1.807) is 31.0 Å². The lowest BCUT2D eigenvalue weighted by Gasteiger charge is -2.35. The summed E-state index contributed by atoms with van der Waals surface area (Å²) < 4.78 is 18.7. The van der Waals surface area contributed by atoms with Crippen LogP contribution in [0.15, 0.2) is 77.7 Å². The molecule has 0 radical (unpaired) electrons. The van der Waals surface area contributed by atoms with E-state index in [1.807, 2.05) is 66.5 Å². The Morgan fingerprint density at radius 3 is 2.36 bits per heavy atom. The highest BCUT2D eigenvalue weighted by Crippen LogP contribution is 2.43. The van der Waals surface area contributed by atoms with Gasteiger partial charge in [0.25, 0.3) is 11.5 Å². The molecule has 1 amide bonds. The number of carbonyl (C=O) groups excluding carboxylic acids is 1. The summed E-state index contributed by atoms with van der Waals surface area (Å²) >= 11 is 0. The molecule has 2 aromatic heterocycles. The second-order valence-corrected chi connectivity index (χ2v) is 11.1. The van der Waals surface area contributed by atoms with E-state index >= 15 is 0 Å². The summed E-state index contributed by atoms with van der Waals surface area (Å²) in [5, 5.41) is 13.4. The van der Waals surface area contributed by atoms with Gasteiger partial charge in [-0.1, -0.05) is 18.2 Å². The number of fused-ring (bicyclic) bond motifs is 2. The Labute approximate surface area is 261 Å². The van der Waals surface area contributed by atoms with Crippen molar-refractivity contribution in [1.82, 2.24) is 19.4 Å². The van der Waals surface area contributed by atoms with E-state index in [-0.39, 0.29) is 18.1 Å². The van der Waals surface area contributed by atoms with E-state index in [0.29, 0.717) is 52.7 Å². The predicted octanol–water partition coefficient (Wildman–Crippen LogP) is 4.18. The number of hydrogen-bond acceptors (Lipinski definition) is 8. The minimum Gasteiger partial charge on any atom is -0.493 e. The van der Waals surface area contributed by atoms with Gasteiger partial charge in [0, 0.05) is 45.6 Å². The molecule has 5 aromatic rings. The van der Waals surface area contributed by atoms with Gasteiger partial charge in [-0.3, -0.25) is 14.2 Å². The summed E-state index contributed by atoms with van der Waals surface area (Å²) in [6.07, 6.45) is 0.691. The van der Waals surface area contributed by atoms with Crippen molar-refractivity contribution >= 4 is 27.6 Å². The highest BCUT2D eigenvalue weighted by Gasteiger charge is 2.31. The number of rotatable bonds is 8. The van der Waals surface area contributed by atoms with Crippen molar-refractivity contribution in [1.29, 1.82) is 0 Å². The van der Waals surface area contributed by atoms with Crippen LogP contribution >= 0.6 is 0 Å². The van der Waals surface area contributed by atoms with E-state index in [0.717, 1.165) is 34.8 Å². The number of likely N-dealkylation sites (N-methyl/N-ethyl adjacent to an activating group) is 1. The second kappa shape index (κ2) is 12.7. The number of piperazine rings is 1. The van der Waals surface area contributed by atoms with Crippen molar-refractivity contribution in [2.24, 2.45) is 0 Å². The van der Waals surface area contributed by atoms with Crippen molar-refractivity contribution in [2.45, 2.75) is 12.7 Å². The van der Waals surface area contributed by atoms with E-state index in [1.165, 1.54) is 13.2 Å². The van der Waals surface area contributed by atoms with Crippen LogP contribution in [0.3, 0.4) is 0 Å². The Bertz CT molecular complexity index is 1950. The molecule has 1 unspecified atom stereocenters. The Morgan fingerprint density at radius 1 is 0.911 bits per heavy atom. The van der Waals surface area contributed by atoms with E-state index < -0.39 is 6.10 Å². The lowest BCUT2D eigenvalue weighted by molar-refractivity contribution is -0.144. The molecule has 10 heteroatoms. The second-order valence-electron chi connectivity index (χ2n) is 11.1. The molecule has 1 fully saturated rings. The summed E-state index contributed by atoms with van der Waals surface area (Å²) in [7, 11) is 6.68. The van der Waals surface area contributed by atoms with Gasteiger partial charge in [-0.05, 0) is 87.9 Å². The molecule has 0 spiro atoms. The topological polar surface area (TPSA) is 106 Å². The van der Waals surface area contributed by atoms with E-state index in [2.05, 4.69) is 9.88 Å². The quantitative estimate of drug-likeness (QED) is 0.280. The summed E-state index contributed by atoms with van der Waals surface area (Å²) in [6.45, 7) is 2.34. The molecule has 1 atom stereocenters. The fourth-order valence-electron chi connectivity index (χ4n) is 6.20. The minimum absolute atomic E-state index is 0.163. The smallest absolute Gasteiger partial charge is 0.256 e. The van der Waals surface area contributed by atoms with Gasteiger partial charge >= 0.3 is 0 Å². The number of carbonyl (C=O) groups is 1. The van der Waals surface area contributed by atoms with Crippen LogP contribution in [0.1, 0.15) is 17.2 Å². The van der Waals surface area contributed by atoms with Crippen LogP contribution in [0.2, 0.25) is 0 Å². The Balaban J connectivity index is 1.60. The summed E-state index contributed by atoms with van der Waals surface area (Å²) in [6, 6.07) is 20.2. The Kier molecular flexibility index (Phi) is 8.53. The lowest BCUT2D eigenvalue weighted by Crippen LogP contribution is -2.48. The van der Waals surface area contributed by atoms with Gasteiger partial charge in [-0.2, -0.15) is 0 Å². The van der Waals surface area contributed by atoms with Gasteiger partial charge in [-0.25, -0.2) is 4.98 Å². The van der Waals surface area contributed by atoms with Gasteiger partial charge in [-0.15, -0.1) is 0 Å². The number of ether oxygens (including phenoxy) is 3. The largest absolute Gasteiger partial charge is 0.493 e. The van der Waals surface area contributed by atoms with Crippen LogP contribution in [-0.4, -0.2) is 84.9 Å². The number of aliphatic hydroxyl groups excluding tert-OH is 1. The molecule has 1 N–H and O–H groups in total. The minimum atomic E-state index is -0.950. The zero-order valence-electron chi connectivity index (χ0n) is 25.8. The number of pyridine rings is 2. The zero-order valence-corrected chi connectivity index (χ0v) is 25.8. The average Bonchev–Trinajstić information content (AvgIpc) is 3.07. The predicted molar refractivity (Wildman–Crippen MR) is 173 cm³/mol. The molecule has 0 aliphatic carbocycles. The fraction of sp³-hybridized carbons (Fsp3) is 0.286. The third kappa shape index (κ3) is 5.52.